The summed E-state index contributed by atoms with van der Waals surface area (Å²) in [6.07, 6.45) is 0. The normalized spacial score (nSPS) is 20.3. The van der Waals surface area contributed by atoms with Gasteiger partial charge in [-0.2, -0.15) is 0 Å². The molecule has 0 aromatic heterocycles. The molecule has 1 amide bonds. The Balaban J connectivity index is 1.49. The van der Waals surface area contributed by atoms with E-state index in [0.29, 0.717) is 23.8 Å². The number of aryl methyl sites for hydroxylation is 1. The van der Waals surface area contributed by atoms with Crippen molar-refractivity contribution in [3.63, 3.8) is 0 Å². The highest BCUT2D eigenvalue weighted by atomic mass is 16.7. The van der Waals surface area contributed by atoms with E-state index in [1.54, 1.807) is 7.11 Å². The number of methoxy groups -OCH3 is 1. The Labute approximate surface area is 228 Å². The summed E-state index contributed by atoms with van der Waals surface area (Å²) in [6.45, 7) is 6.76. The first-order chi connectivity index (χ1) is 18.8. The Morgan fingerprint density at radius 1 is 1.05 bits per heavy atom. The number of para-hydroxylation sites is 1. The van der Waals surface area contributed by atoms with Crippen molar-refractivity contribution >= 4 is 17.6 Å². The van der Waals surface area contributed by atoms with E-state index in [-0.39, 0.29) is 31.1 Å². The zero-order valence-electron chi connectivity index (χ0n) is 22.6. The summed E-state index contributed by atoms with van der Waals surface area (Å²) in [7, 11) is 1.59. The monoisotopic (exact) mass is 530 g/mol. The summed E-state index contributed by atoms with van der Waals surface area (Å²) in [5.41, 5.74) is 4.54. The molecule has 39 heavy (non-hydrogen) atoms. The Bertz CT molecular complexity index is 1370. The zero-order chi connectivity index (χ0) is 27.7. The molecule has 2 aliphatic rings. The third-order valence-corrected chi connectivity index (χ3v) is 7.70. The van der Waals surface area contributed by atoms with Gasteiger partial charge >= 0.3 is 5.97 Å². The summed E-state index contributed by atoms with van der Waals surface area (Å²) < 4.78 is 16.3. The number of amides is 1. The van der Waals surface area contributed by atoms with Gasteiger partial charge in [-0.15, -0.1) is 0 Å². The highest BCUT2D eigenvalue weighted by molar-refractivity contribution is 5.94. The minimum Gasteiger partial charge on any atom is -0.497 e. The van der Waals surface area contributed by atoms with Gasteiger partial charge in [0.1, 0.15) is 5.75 Å². The maximum Gasteiger partial charge on any atom is 0.309 e. The molecule has 8 nitrogen and oxygen atoms in total. The van der Waals surface area contributed by atoms with E-state index in [1.165, 1.54) is 0 Å². The SMILES string of the molecule is COc1ccc([C@@H]2[C@@H](C(=O)O)[C@@H](c3ccc4c(c3)OCO4)CN2CC(=O)Nc2c(C)cccc2C(C)C)cc1. The number of hydrogen-bond acceptors (Lipinski definition) is 6. The number of rotatable bonds is 8. The van der Waals surface area contributed by atoms with Gasteiger partial charge < -0.3 is 24.6 Å². The number of ether oxygens (including phenoxy) is 3. The third kappa shape index (κ3) is 5.29. The fraction of sp³-hybridized carbons (Fsp3) is 0.355. The summed E-state index contributed by atoms with van der Waals surface area (Å²) in [6, 6.07) is 18.5. The standard InChI is InChI=1S/C31H34N2O6/c1-18(2)23-7-5-6-19(3)29(23)32-27(34)16-33-15-24(21-10-13-25-26(14-21)39-17-38-25)28(31(35)36)30(33)20-8-11-22(37-4)12-9-20/h5-14,18,24,28,30H,15-17H2,1-4H3,(H,32,34)(H,35,36)/t24-,28+,30-/m1/s1. The van der Waals surface area contributed by atoms with E-state index in [2.05, 4.69) is 19.2 Å². The fourth-order valence-corrected chi connectivity index (χ4v) is 5.78. The summed E-state index contributed by atoms with van der Waals surface area (Å²) >= 11 is 0. The minimum absolute atomic E-state index is 0.0490. The largest absolute Gasteiger partial charge is 0.497 e. The number of carbonyl (C=O) groups is 2. The molecule has 5 rings (SSSR count). The molecule has 3 aromatic rings. The number of carbonyl (C=O) groups excluding carboxylic acids is 1. The highest BCUT2D eigenvalue weighted by Crippen LogP contribution is 2.47. The lowest BCUT2D eigenvalue weighted by Crippen LogP contribution is -2.35. The molecule has 2 N–H and O–H groups in total. The van der Waals surface area contributed by atoms with Crippen LogP contribution in [0.15, 0.2) is 60.7 Å². The minimum atomic E-state index is -0.914. The van der Waals surface area contributed by atoms with E-state index in [1.807, 2.05) is 72.5 Å². The van der Waals surface area contributed by atoms with Crippen molar-refractivity contribution in [1.82, 2.24) is 4.90 Å². The van der Waals surface area contributed by atoms with Gasteiger partial charge in [0.05, 0.1) is 19.6 Å². The predicted molar refractivity (Wildman–Crippen MR) is 148 cm³/mol. The number of nitrogens with zero attached hydrogens (tertiary/aromatic N) is 1. The molecule has 3 atom stereocenters. The third-order valence-electron chi connectivity index (χ3n) is 7.70. The zero-order valence-corrected chi connectivity index (χ0v) is 22.6. The van der Waals surface area contributed by atoms with E-state index in [9.17, 15) is 14.7 Å². The number of nitrogens with one attached hydrogen (secondary N) is 1. The number of benzene rings is 3. The van der Waals surface area contributed by atoms with Gasteiger partial charge in [-0.25, -0.2) is 0 Å². The number of likely N-dealkylation sites (tertiary alicyclic amines) is 1. The maximum absolute atomic E-state index is 13.5. The van der Waals surface area contributed by atoms with Crippen LogP contribution in [-0.2, 0) is 9.59 Å². The number of aliphatic carboxylic acids is 1. The molecule has 2 aliphatic heterocycles. The number of fused-ring (bicyclic) bond motifs is 1. The van der Waals surface area contributed by atoms with Gasteiger partial charge in [-0.05, 0) is 59.4 Å². The first kappa shape index (κ1) is 26.6. The van der Waals surface area contributed by atoms with Gasteiger partial charge in [-0.3, -0.25) is 14.5 Å². The molecule has 1 saturated heterocycles. The smallest absolute Gasteiger partial charge is 0.309 e. The van der Waals surface area contributed by atoms with Crippen molar-refractivity contribution < 1.29 is 28.9 Å². The van der Waals surface area contributed by atoms with Crippen LogP contribution in [0.2, 0.25) is 0 Å². The van der Waals surface area contributed by atoms with Crippen LogP contribution in [0.1, 0.15) is 54.0 Å². The lowest BCUT2D eigenvalue weighted by atomic mass is 9.82. The number of hydrogen-bond donors (Lipinski definition) is 2. The van der Waals surface area contributed by atoms with Gasteiger partial charge in [0.2, 0.25) is 12.7 Å². The quantitative estimate of drug-likeness (QED) is 0.406. The molecule has 0 unspecified atom stereocenters. The molecule has 0 aliphatic carbocycles. The summed E-state index contributed by atoms with van der Waals surface area (Å²) in [5, 5.41) is 13.6. The molecule has 204 valence electrons. The van der Waals surface area contributed by atoms with Crippen molar-refractivity contribution in [1.29, 1.82) is 0 Å². The molecular formula is C31H34N2O6. The first-order valence-electron chi connectivity index (χ1n) is 13.2. The van der Waals surface area contributed by atoms with Crippen LogP contribution in [-0.4, -0.2) is 48.9 Å². The second kappa shape index (κ2) is 11.0. The molecule has 1 fully saturated rings. The Morgan fingerprint density at radius 2 is 1.77 bits per heavy atom. The lowest BCUT2D eigenvalue weighted by Gasteiger charge is -2.27. The first-order valence-corrected chi connectivity index (χ1v) is 13.2. The Morgan fingerprint density at radius 3 is 2.46 bits per heavy atom. The Kier molecular flexibility index (Phi) is 7.48. The van der Waals surface area contributed by atoms with Crippen LogP contribution in [0.4, 0.5) is 5.69 Å². The van der Waals surface area contributed by atoms with Gasteiger partial charge in [0.25, 0.3) is 0 Å². The summed E-state index contributed by atoms with van der Waals surface area (Å²) in [4.78, 5) is 28.3. The van der Waals surface area contributed by atoms with Crippen LogP contribution >= 0.6 is 0 Å². The van der Waals surface area contributed by atoms with Gasteiger partial charge in [0.15, 0.2) is 11.5 Å². The maximum atomic E-state index is 13.5. The molecule has 3 aromatic carbocycles. The predicted octanol–water partition coefficient (Wildman–Crippen LogP) is 5.34. The molecule has 2 heterocycles. The van der Waals surface area contributed by atoms with Crippen molar-refractivity contribution in [2.45, 2.75) is 38.6 Å². The van der Waals surface area contributed by atoms with Gasteiger partial charge in [0, 0.05) is 24.2 Å². The molecular weight excluding hydrogens is 496 g/mol. The van der Waals surface area contributed by atoms with E-state index in [0.717, 1.165) is 27.9 Å². The molecule has 0 spiro atoms. The van der Waals surface area contributed by atoms with Crippen molar-refractivity contribution in [3.8, 4) is 17.2 Å². The molecule has 8 heteroatoms. The van der Waals surface area contributed by atoms with Crippen molar-refractivity contribution in [2.24, 2.45) is 5.92 Å². The summed E-state index contributed by atoms with van der Waals surface area (Å²) in [5.74, 6) is -0.0624. The van der Waals surface area contributed by atoms with Crippen LogP contribution in [0.3, 0.4) is 0 Å². The number of carboxylic acid groups (broad SMARTS) is 1. The number of anilines is 1. The average Bonchev–Trinajstić information content (AvgIpc) is 3.54. The van der Waals surface area contributed by atoms with Crippen LogP contribution in [0, 0.1) is 12.8 Å². The topological polar surface area (TPSA) is 97.3 Å². The van der Waals surface area contributed by atoms with Gasteiger partial charge in [-0.1, -0.05) is 50.2 Å². The van der Waals surface area contributed by atoms with Crippen molar-refractivity contribution in [3.05, 3.63) is 82.9 Å². The van der Waals surface area contributed by atoms with E-state index in [4.69, 9.17) is 14.2 Å². The average molecular weight is 531 g/mol. The van der Waals surface area contributed by atoms with Crippen molar-refractivity contribution in [2.75, 3.05) is 32.3 Å². The fourth-order valence-electron chi connectivity index (χ4n) is 5.78. The lowest BCUT2D eigenvalue weighted by molar-refractivity contribution is -0.143. The van der Waals surface area contributed by atoms with Crippen LogP contribution < -0.4 is 19.5 Å². The van der Waals surface area contributed by atoms with E-state index >= 15 is 0 Å². The highest BCUT2D eigenvalue weighted by Gasteiger charge is 2.48. The van der Waals surface area contributed by atoms with E-state index < -0.39 is 17.9 Å². The molecule has 0 saturated carbocycles. The number of carboxylic acids is 1. The molecule has 0 bridgehead atoms. The Hall–Kier alpha value is -4.04. The molecule has 0 radical (unpaired) electrons. The second-order valence-electron chi connectivity index (χ2n) is 10.5. The van der Waals surface area contributed by atoms with Crippen LogP contribution in [0.5, 0.6) is 17.2 Å². The second-order valence-corrected chi connectivity index (χ2v) is 10.5. The van der Waals surface area contributed by atoms with Crippen LogP contribution in [0.25, 0.3) is 0 Å².